The molecule has 0 aromatic carbocycles. The maximum atomic E-state index is 13.0. The van der Waals surface area contributed by atoms with Crippen LogP contribution in [-0.2, 0) is 52.4 Å². The second kappa shape index (κ2) is 10.8. The first-order valence-electron chi connectivity index (χ1n) is 13.6. The molecule has 14 heteroatoms. The molecular weight excluding hydrogens is 580 g/mol. The van der Waals surface area contributed by atoms with Crippen LogP contribution in [0.15, 0.2) is 12.2 Å². The van der Waals surface area contributed by atoms with Gasteiger partial charge in [0.1, 0.15) is 42.2 Å². The molecule has 4 fully saturated rings. The van der Waals surface area contributed by atoms with E-state index in [9.17, 15) is 34.2 Å². The maximum absolute atomic E-state index is 13.0. The quantitative estimate of drug-likeness (QED) is 0.148. The van der Waals surface area contributed by atoms with Gasteiger partial charge in [0.25, 0.3) is 0 Å². The third kappa shape index (κ3) is 4.97. The first-order chi connectivity index (χ1) is 19.3. The summed E-state index contributed by atoms with van der Waals surface area (Å²) in [5.41, 5.74) is -6.13. The lowest BCUT2D eigenvalue weighted by molar-refractivity contribution is -0.293. The Morgan fingerprint density at radius 3 is 1.93 bits per heavy atom. The summed E-state index contributed by atoms with van der Waals surface area (Å²) in [4.78, 5) is 62.9. The minimum atomic E-state index is -2.42. The van der Waals surface area contributed by atoms with E-state index in [1.54, 1.807) is 0 Å². The molecule has 234 valence electrons. The summed E-state index contributed by atoms with van der Waals surface area (Å²) < 4.78 is 34.3. The summed E-state index contributed by atoms with van der Waals surface area (Å²) in [5, 5.41) is 23.6. The fourth-order valence-corrected chi connectivity index (χ4v) is 7.63. The minimum absolute atomic E-state index is 0.192. The SMILES string of the molecule is C=C1[C@H]2O[C@H]2[C@@H](OC(C)=O)[C@@]2(C)[C@@H](OC(C)=O)C[C@@H](OC(C)=O)[C@@](C)(O)[C@@H]2[C@@H](OC(C)=O)C2(O)[C@@H](C)C(=O)O[C@H]2[C@H]1Cl. The van der Waals surface area contributed by atoms with Crippen molar-refractivity contribution in [2.45, 2.75) is 114 Å². The van der Waals surface area contributed by atoms with Gasteiger partial charge in [-0.2, -0.15) is 0 Å². The smallest absolute Gasteiger partial charge is 0.312 e. The molecule has 2 saturated carbocycles. The Kier molecular flexibility index (Phi) is 8.24. The predicted molar refractivity (Wildman–Crippen MR) is 140 cm³/mol. The average Bonchev–Trinajstić information content (AvgIpc) is 3.61. The van der Waals surface area contributed by atoms with Gasteiger partial charge in [-0.15, -0.1) is 11.6 Å². The number of carbonyl (C=O) groups excluding carboxylic acids is 5. The van der Waals surface area contributed by atoms with E-state index in [0.29, 0.717) is 0 Å². The van der Waals surface area contributed by atoms with Gasteiger partial charge in [0.15, 0.2) is 11.7 Å². The van der Waals surface area contributed by atoms with Crippen molar-refractivity contribution in [2.24, 2.45) is 17.3 Å². The van der Waals surface area contributed by atoms with Gasteiger partial charge in [-0.05, 0) is 19.4 Å². The molecule has 0 aromatic heterocycles. The highest BCUT2D eigenvalue weighted by molar-refractivity contribution is 6.23. The number of aliphatic hydroxyl groups is 2. The summed E-state index contributed by atoms with van der Waals surface area (Å²) >= 11 is 6.78. The molecule has 0 spiro atoms. The van der Waals surface area contributed by atoms with E-state index in [4.69, 9.17) is 40.0 Å². The van der Waals surface area contributed by atoms with E-state index in [-0.39, 0.29) is 12.0 Å². The lowest BCUT2D eigenvalue weighted by Gasteiger charge is -2.60. The standard InChI is InChI=1S/C28H37ClO13/c1-10-18(29)22-28(36,11(2)25(34)42-22)24(40-15(6)33)21-26(7,23(39-14(5)32)20-19(10)41-20)16(37-12(3)30)9-17(27(21,8)35)38-13(4)31/h11,16-24,35-36H,1,9H2,2-8H3/t11-,16-,17+,18-,19+,20+,21+,22-,23+,24+,26-,27+,28?/m0/s1. The zero-order valence-electron chi connectivity index (χ0n) is 24.5. The fraction of sp³-hybridized carbons (Fsp3) is 0.750. The van der Waals surface area contributed by atoms with Gasteiger partial charge in [0.2, 0.25) is 0 Å². The van der Waals surface area contributed by atoms with Gasteiger partial charge in [-0.3, -0.25) is 24.0 Å². The molecule has 0 bridgehead atoms. The Morgan fingerprint density at radius 2 is 1.40 bits per heavy atom. The molecule has 2 heterocycles. The Bertz CT molecular complexity index is 1200. The summed E-state index contributed by atoms with van der Waals surface area (Å²) in [6.45, 7) is 12.6. The fourth-order valence-electron chi connectivity index (χ4n) is 7.25. The number of carbonyl (C=O) groups is 5. The zero-order valence-corrected chi connectivity index (χ0v) is 25.2. The molecule has 4 aliphatic rings. The van der Waals surface area contributed by atoms with Gasteiger partial charge in [0.05, 0.1) is 16.7 Å². The maximum Gasteiger partial charge on any atom is 0.312 e. The Hall–Kier alpha value is -2.74. The summed E-state index contributed by atoms with van der Waals surface area (Å²) in [6, 6.07) is 0. The van der Waals surface area contributed by atoms with Crippen molar-refractivity contribution in [3.63, 3.8) is 0 Å². The Morgan fingerprint density at radius 1 is 0.905 bits per heavy atom. The average molecular weight is 617 g/mol. The van der Waals surface area contributed by atoms with Gasteiger partial charge >= 0.3 is 29.8 Å². The van der Waals surface area contributed by atoms with Crippen LogP contribution in [0.2, 0.25) is 0 Å². The molecular formula is C28H37ClO13. The third-order valence-corrected chi connectivity index (χ3v) is 9.71. The number of epoxide rings is 1. The first kappa shape index (κ1) is 32.2. The van der Waals surface area contributed by atoms with Crippen LogP contribution >= 0.6 is 11.6 Å². The van der Waals surface area contributed by atoms with Crippen molar-refractivity contribution in [3.8, 4) is 0 Å². The van der Waals surface area contributed by atoms with Crippen molar-refractivity contribution >= 4 is 41.4 Å². The van der Waals surface area contributed by atoms with Crippen molar-refractivity contribution in [2.75, 3.05) is 0 Å². The normalized spacial score (nSPS) is 46.1. The van der Waals surface area contributed by atoms with Crippen LogP contribution < -0.4 is 0 Å². The van der Waals surface area contributed by atoms with Crippen LogP contribution in [0.5, 0.6) is 0 Å². The molecule has 42 heavy (non-hydrogen) atoms. The minimum Gasteiger partial charge on any atom is -0.462 e. The van der Waals surface area contributed by atoms with Crippen LogP contribution in [0.25, 0.3) is 0 Å². The molecule has 2 N–H and O–H groups in total. The highest BCUT2D eigenvalue weighted by Crippen LogP contribution is 2.61. The molecule has 4 rings (SSSR count). The highest BCUT2D eigenvalue weighted by Gasteiger charge is 2.76. The largest absolute Gasteiger partial charge is 0.462 e. The zero-order chi connectivity index (χ0) is 31.7. The molecule has 0 aromatic rings. The van der Waals surface area contributed by atoms with Crippen LogP contribution in [-0.4, -0.2) is 99.4 Å². The number of fused-ring (bicyclic) bond motifs is 3. The Labute approximate surface area is 247 Å². The monoisotopic (exact) mass is 616 g/mol. The number of esters is 5. The number of rotatable bonds is 4. The van der Waals surface area contributed by atoms with Crippen LogP contribution in [0.4, 0.5) is 0 Å². The van der Waals surface area contributed by atoms with Gasteiger partial charge in [-0.25, -0.2) is 0 Å². The van der Waals surface area contributed by atoms with E-state index >= 15 is 0 Å². The van der Waals surface area contributed by atoms with E-state index in [1.807, 2.05) is 0 Å². The molecule has 0 amide bonds. The van der Waals surface area contributed by atoms with Crippen molar-refractivity contribution in [1.82, 2.24) is 0 Å². The first-order valence-corrected chi connectivity index (χ1v) is 14.0. The second-order valence-electron chi connectivity index (χ2n) is 12.0. The summed E-state index contributed by atoms with van der Waals surface area (Å²) in [6.07, 6.45) is -9.41. The van der Waals surface area contributed by atoms with Gasteiger partial charge in [0, 0.05) is 40.0 Å². The van der Waals surface area contributed by atoms with E-state index in [2.05, 4.69) is 6.58 Å². The van der Waals surface area contributed by atoms with Gasteiger partial charge in [-0.1, -0.05) is 13.5 Å². The number of halogens is 1. The van der Waals surface area contributed by atoms with Crippen molar-refractivity contribution in [3.05, 3.63) is 12.2 Å². The number of hydrogen-bond donors (Lipinski definition) is 2. The topological polar surface area (TPSA) is 184 Å². The molecule has 1 unspecified atom stereocenters. The number of alkyl halides is 1. The molecule has 0 radical (unpaired) electrons. The lowest BCUT2D eigenvalue weighted by atomic mass is 9.50. The van der Waals surface area contributed by atoms with Gasteiger partial charge < -0.3 is 38.6 Å². The molecule has 2 aliphatic carbocycles. The number of hydrogen-bond acceptors (Lipinski definition) is 13. The van der Waals surface area contributed by atoms with E-state index < -0.39 is 106 Å². The van der Waals surface area contributed by atoms with E-state index in [0.717, 1.165) is 27.7 Å². The van der Waals surface area contributed by atoms with Crippen LogP contribution in [0.3, 0.4) is 0 Å². The second-order valence-corrected chi connectivity index (χ2v) is 12.5. The summed E-state index contributed by atoms with van der Waals surface area (Å²) in [7, 11) is 0. The highest BCUT2D eigenvalue weighted by atomic mass is 35.5. The Balaban J connectivity index is 2.10. The summed E-state index contributed by atoms with van der Waals surface area (Å²) in [5.74, 6) is -7.01. The van der Waals surface area contributed by atoms with Crippen molar-refractivity contribution in [1.29, 1.82) is 0 Å². The van der Waals surface area contributed by atoms with Crippen molar-refractivity contribution < 1.29 is 62.6 Å². The third-order valence-electron chi connectivity index (χ3n) is 9.20. The molecule has 2 saturated heterocycles. The molecule has 13 atom stereocenters. The van der Waals surface area contributed by atoms with E-state index in [1.165, 1.54) is 20.8 Å². The van der Waals surface area contributed by atoms with Crippen LogP contribution in [0, 0.1) is 17.3 Å². The van der Waals surface area contributed by atoms with Crippen LogP contribution in [0.1, 0.15) is 54.9 Å². The molecule has 2 aliphatic heterocycles. The predicted octanol–water partition coefficient (Wildman–Crippen LogP) is 0.728. The lowest BCUT2D eigenvalue weighted by Crippen LogP contribution is -2.75. The number of ether oxygens (including phenoxy) is 6. The molecule has 13 nitrogen and oxygen atoms in total.